The monoisotopic (exact) mass is 288 g/mol. The fraction of sp³-hybridized carbons (Fsp3) is 0.250. The molecule has 2 aromatic rings. The number of rotatable bonds is 4. The van der Waals surface area contributed by atoms with Crippen LogP contribution in [-0.4, -0.2) is 16.5 Å². The van der Waals surface area contributed by atoms with Crippen molar-refractivity contribution in [2.75, 3.05) is 4.90 Å². The van der Waals surface area contributed by atoms with Gasteiger partial charge in [-0.1, -0.05) is 18.2 Å². The van der Waals surface area contributed by atoms with Gasteiger partial charge in [0, 0.05) is 24.0 Å². The maximum absolute atomic E-state index is 13.2. The first-order valence-corrected chi connectivity index (χ1v) is 6.72. The highest BCUT2D eigenvalue weighted by Gasteiger charge is 2.19. The van der Waals surface area contributed by atoms with Gasteiger partial charge >= 0.3 is 0 Å². The molecule has 0 aliphatic rings. The van der Waals surface area contributed by atoms with Crippen molar-refractivity contribution in [3.05, 3.63) is 64.8 Å². The van der Waals surface area contributed by atoms with Crippen LogP contribution in [0.4, 0.5) is 10.1 Å². The summed E-state index contributed by atoms with van der Waals surface area (Å²) in [5, 5.41) is 0. The lowest BCUT2D eigenvalue weighted by atomic mass is 10.2. The third-order valence-corrected chi connectivity index (χ3v) is 3.07. The highest BCUT2D eigenvalue weighted by molar-refractivity contribution is 5.93. The molecule has 0 bridgehead atoms. The summed E-state index contributed by atoms with van der Waals surface area (Å²) < 4.78 is 14.3. The van der Waals surface area contributed by atoms with Gasteiger partial charge in [-0.05, 0) is 32.0 Å². The molecule has 21 heavy (non-hydrogen) atoms. The number of pyridine rings is 1. The van der Waals surface area contributed by atoms with Crippen molar-refractivity contribution in [2.45, 2.75) is 26.4 Å². The van der Waals surface area contributed by atoms with Crippen LogP contribution in [0.2, 0.25) is 0 Å². The predicted molar refractivity (Wildman–Crippen MR) is 79.7 cm³/mol. The fourth-order valence-corrected chi connectivity index (χ4v) is 2.17. The number of anilines is 1. The number of nitrogens with zero attached hydrogens (tertiary/aromatic N) is 2. The van der Waals surface area contributed by atoms with Crippen molar-refractivity contribution in [1.29, 1.82) is 0 Å². The van der Waals surface area contributed by atoms with E-state index >= 15 is 0 Å². The summed E-state index contributed by atoms with van der Waals surface area (Å²) in [7, 11) is 0. The van der Waals surface area contributed by atoms with E-state index in [0.29, 0.717) is 0 Å². The van der Waals surface area contributed by atoms with E-state index in [1.807, 2.05) is 44.2 Å². The summed E-state index contributed by atoms with van der Waals surface area (Å²) in [6.45, 7) is 3.59. The molecule has 0 N–H and O–H groups in total. The van der Waals surface area contributed by atoms with Crippen molar-refractivity contribution >= 4 is 11.6 Å². The summed E-state index contributed by atoms with van der Waals surface area (Å²) in [5.41, 5.74) is 0.350. The molecule has 0 radical (unpaired) electrons. The molecule has 110 valence electrons. The van der Waals surface area contributed by atoms with Crippen LogP contribution in [0.5, 0.6) is 0 Å². The Bertz CT molecular complexity index is 680. The molecule has 0 saturated carbocycles. The molecule has 0 aliphatic heterocycles. The van der Waals surface area contributed by atoms with Gasteiger partial charge in [-0.15, -0.1) is 0 Å². The Balaban J connectivity index is 2.28. The van der Waals surface area contributed by atoms with Gasteiger partial charge in [-0.2, -0.15) is 0 Å². The minimum atomic E-state index is -0.543. The molecule has 0 fully saturated rings. The maximum atomic E-state index is 13.2. The van der Waals surface area contributed by atoms with E-state index in [-0.39, 0.29) is 18.5 Å². The molecule has 0 saturated heterocycles. The highest BCUT2D eigenvalue weighted by Crippen LogP contribution is 2.17. The van der Waals surface area contributed by atoms with Crippen molar-refractivity contribution in [2.24, 2.45) is 0 Å². The SMILES string of the molecule is CC(C)N(C(=O)Cn1cc(F)ccc1=O)c1ccccc1. The van der Waals surface area contributed by atoms with E-state index in [9.17, 15) is 14.0 Å². The van der Waals surface area contributed by atoms with Crippen LogP contribution in [0.15, 0.2) is 53.5 Å². The Hall–Kier alpha value is -2.43. The van der Waals surface area contributed by atoms with Crippen LogP contribution in [0, 0.1) is 5.82 Å². The van der Waals surface area contributed by atoms with Crippen LogP contribution in [0.1, 0.15) is 13.8 Å². The van der Waals surface area contributed by atoms with Gasteiger partial charge in [0.15, 0.2) is 0 Å². The third kappa shape index (κ3) is 3.56. The second-order valence-corrected chi connectivity index (χ2v) is 5.01. The van der Waals surface area contributed by atoms with Crippen molar-refractivity contribution < 1.29 is 9.18 Å². The summed E-state index contributed by atoms with van der Waals surface area (Å²) in [4.78, 5) is 25.7. The molecule has 0 atom stereocenters. The van der Waals surface area contributed by atoms with Gasteiger partial charge in [0.25, 0.3) is 5.56 Å². The Kier molecular flexibility index (Phi) is 4.52. The molecule has 0 unspecified atom stereocenters. The van der Waals surface area contributed by atoms with Gasteiger partial charge < -0.3 is 9.47 Å². The van der Waals surface area contributed by atoms with E-state index in [0.717, 1.165) is 28.6 Å². The predicted octanol–water partition coefficient (Wildman–Crippen LogP) is 2.43. The standard InChI is InChI=1S/C16H17FN2O2/c1-12(2)19(14-6-4-3-5-7-14)16(21)11-18-10-13(17)8-9-15(18)20/h3-10,12H,11H2,1-2H3. The zero-order valence-corrected chi connectivity index (χ0v) is 12.0. The Morgan fingerprint density at radius 1 is 1.19 bits per heavy atom. The molecule has 0 aliphatic carbocycles. The minimum Gasteiger partial charge on any atom is -0.308 e. The first-order chi connectivity index (χ1) is 9.99. The molecule has 1 heterocycles. The quantitative estimate of drug-likeness (QED) is 0.867. The molecular formula is C16H17FN2O2. The second-order valence-electron chi connectivity index (χ2n) is 5.01. The van der Waals surface area contributed by atoms with Crippen LogP contribution in [-0.2, 0) is 11.3 Å². The highest BCUT2D eigenvalue weighted by atomic mass is 19.1. The Labute approximate surface area is 122 Å². The molecular weight excluding hydrogens is 271 g/mol. The number of carbonyl (C=O) groups is 1. The second kappa shape index (κ2) is 6.35. The molecule has 4 nitrogen and oxygen atoms in total. The average molecular weight is 288 g/mol. The van der Waals surface area contributed by atoms with E-state index < -0.39 is 11.4 Å². The van der Waals surface area contributed by atoms with Crippen molar-refractivity contribution in [3.8, 4) is 0 Å². The maximum Gasteiger partial charge on any atom is 0.251 e. The van der Waals surface area contributed by atoms with Gasteiger partial charge in [0.05, 0.1) is 0 Å². The Morgan fingerprint density at radius 3 is 2.48 bits per heavy atom. The topological polar surface area (TPSA) is 42.3 Å². The fourth-order valence-electron chi connectivity index (χ4n) is 2.17. The third-order valence-electron chi connectivity index (χ3n) is 3.07. The van der Waals surface area contributed by atoms with Crippen LogP contribution in [0.25, 0.3) is 0 Å². The number of hydrogen-bond donors (Lipinski definition) is 0. The molecule has 1 aromatic heterocycles. The Morgan fingerprint density at radius 2 is 1.86 bits per heavy atom. The largest absolute Gasteiger partial charge is 0.308 e. The molecule has 1 aromatic carbocycles. The summed E-state index contributed by atoms with van der Waals surface area (Å²) >= 11 is 0. The van der Waals surface area contributed by atoms with Gasteiger partial charge in [0.1, 0.15) is 12.4 Å². The lowest BCUT2D eigenvalue weighted by molar-refractivity contribution is -0.119. The van der Waals surface area contributed by atoms with E-state index in [4.69, 9.17) is 0 Å². The van der Waals surface area contributed by atoms with Crippen LogP contribution in [0.3, 0.4) is 0 Å². The van der Waals surface area contributed by atoms with Crippen molar-refractivity contribution in [1.82, 2.24) is 4.57 Å². The summed E-state index contributed by atoms with van der Waals surface area (Å²) in [5.74, 6) is -0.804. The van der Waals surface area contributed by atoms with Gasteiger partial charge in [-0.25, -0.2) is 4.39 Å². The number of carbonyl (C=O) groups excluding carboxylic acids is 1. The minimum absolute atomic E-state index is 0.0656. The summed E-state index contributed by atoms with van der Waals surface area (Å²) in [6.07, 6.45) is 1.05. The lowest BCUT2D eigenvalue weighted by Gasteiger charge is -2.27. The molecule has 0 spiro atoms. The molecule has 2 rings (SSSR count). The van der Waals surface area contributed by atoms with Gasteiger partial charge in [-0.3, -0.25) is 9.59 Å². The van der Waals surface area contributed by atoms with E-state index in [1.54, 1.807) is 4.90 Å². The first-order valence-electron chi connectivity index (χ1n) is 6.72. The summed E-state index contributed by atoms with van der Waals surface area (Å²) in [6, 6.07) is 11.3. The van der Waals surface area contributed by atoms with E-state index in [2.05, 4.69) is 0 Å². The van der Waals surface area contributed by atoms with E-state index in [1.165, 1.54) is 0 Å². The zero-order chi connectivity index (χ0) is 15.4. The van der Waals surface area contributed by atoms with Crippen LogP contribution < -0.4 is 10.5 Å². The number of aromatic nitrogens is 1. The normalized spacial score (nSPS) is 10.7. The number of halogens is 1. The molecule has 1 amide bonds. The van der Waals surface area contributed by atoms with Gasteiger partial charge in [0.2, 0.25) is 5.91 Å². The smallest absolute Gasteiger partial charge is 0.251 e. The average Bonchev–Trinajstić information content (AvgIpc) is 2.44. The number of amides is 1. The molecule has 5 heteroatoms. The number of para-hydroxylation sites is 1. The van der Waals surface area contributed by atoms with Crippen LogP contribution >= 0.6 is 0 Å². The number of benzene rings is 1. The lowest BCUT2D eigenvalue weighted by Crippen LogP contribution is -2.40. The van der Waals surface area contributed by atoms with Crippen molar-refractivity contribution in [3.63, 3.8) is 0 Å². The zero-order valence-electron chi connectivity index (χ0n) is 12.0. The number of hydrogen-bond acceptors (Lipinski definition) is 2. The first kappa shape index (κ1) is 15.0.